The summed E-state index contributed by atoms with van der Waals surface area (Å²) in [4.78, 5) is 57.9. The van der Waals surface area contributed by atoms with Gasteiger partial charge in [-0.1, -0.05) is 6.58 Å². The minimum atomic E-state index is -1.13. The standard InChI is InChI=1S/C29H23N5O6/c1-16-23-25(31-34(26(23)35)22-12-6-18(7-13-22)29(39)40)33(21-10-4-17(5-11-21)28(37)38)27(36)24(16)30-19-8-14-20(15-9-19)32(2)3/h4-15,31H,1H2,2-3H3,(H,37,38)(H,39,40). The topological polar surface area (TPSA) is 148 Å². The fourth-order valence-corrected chi connectivity index (χ4v) is 4.32. The van der Waals surface area contributed by atoms with Crippen LogP contribution in [-0.4, -0.2) is 57.6 Å². The van der Waals surface area contributed by atoms with Gasteiger partial charge >= 0.3 is 11.9 Å². The van der Waals surface area contributed by atoms with E-state index in [1.165, 1.54) is 58.1 Å². The van der Waals surface area contributed by atoms with E-state index in [1.54, 1.807) is 12.1 Å². The predicted molar refractivity (Wildman–Crippen MR) is 151 cm³/mol. The third-order valence-corrected chi connectivity index (χ3v) is 6.44. The number of aromatic amines is 1. The summed E-state index contributed by atoms with van der Waals surface area (Å²) >= 11 is 0. The quantitative estimate of drug-likeness (QED) is 0.335. The molecule has 3 N–H and O–H groups in total. The van der Waals surface area contributed by atoms with Gasteiger partial charge in [-0.15, -0.1) is 0 Å². The van der Waals surface area contributed by atoms with Gasteiger partial charge in [-0.3, -0.25) is 19.6 Å². The highest BCUT2D eigenvalue weighted by Gasteiger charge is 2.38. The molecule has 11 nitrogen and oxygen atoms in total. The number of hydrogen-bond donors (Lipinski definition) is 3. The van der Waals surface area contributed by atoms with E-state index >= 15 is 0 Å². The number of anilines is 3. The second-order valence-corrected chi connectivity index (χ2v) is 9.17. The lowest BCUT2D eigenvalue weighted by molar-refractivity contribution is -0.111. The zero-order valence-corrected chi connectivity index (χ0v) is 21.5. The minimum Gasteiger partial charge on any atom is -0.478 e. The lowest BCUT2D eigenvalue weighted by atomic mass is 9.98. The number of aliphatic imine (C=N–C) groups is 1. The van der Waals surface area contributed by atoms with Gasteiger partial charge in [0.15, 0.2) is 0 Å². The van der Waals surface area contributed by atoms with E-state index in [4.69, 9.17) is 0 Å². The number of H-pyrrole nitrogens is 1. The van der Waals surface area contributed by atoms with Crippen molar-refractivity contribution in [3.05, 3.63) is 106 Å². The molecule has 0 fully saturated rings. The fourth-order valence-electron chi connectivity index (χ4n) is 4.32. The second kappa shape index (κ2) is 9.87. The van der Waals surface area contributed by atoms with Gasteiger partial charge in [0.2, 0.25) is 0 Å². The number of aromatic carboxylic acids is 2. The summed E-state index contributed by atoms with van der Waals surface area (Å²) in [5.74, 6) is -2.70. The Morgan fingerprint density at radius 1 is 0.825 bits per heavy atom. The van der Waals surface area contributed by atoms with E-state index < -0.39 is 23.4 Å². The van der Waals surface area contributed by atoms with Crippen LogP contribution in [0.25, 0.3) is 11.3 Å². The van der Waals surface area contributed by atoms with E-state index in [1.807, 2.05) is 31.1 Å². The average Bonchev–Trinajstić information content (AvgIpc) is 3.28. The number of aromatic nitrogens is 2. The lowest BCUT2D eigenvalue weighted by Crippen LogP contribution is -2.38. The Hall–Kier alpha value is -5.71. The molecule has 0 aliphatic carbocycles. The predicted octanol–water partition coefficient (Wildman–Crippen LogP) is 4.09. The average molecular weight is 538 g/mol. The largest absolute Gasteiger partial charge is 0.478 e. The molecule has 200 valence electrons. The molecule has 4 aromatic rings. The molecule has 0 saturated heterocycles. The fraction of sp³-hybridized carbons (Fsp3) is 0.0690. The number of rotatable bonds is 6. The molecule has 0 bridgehead atoms. The molecule has 40 heavy (non-hydrogen) atoms. The maximum atomic E-state index is 13.9. The summed E-state index contributed by atoms with van der Waals surface area (Å²) in [5.41, 5.74) is 1.72. The highest BCUT2D eigenvalue weighted by molar-refractivity contribution is 6.61. The van der Waals surface area contributed by atoms with Crippen molar-refractivity contribution in [2.45, 2.75) is 0 Å². The van der Waals surface area contributed by atoms with Crippen molar-refractivity contribution in [2.24, 2.45) is 4.99 Å². The third-order valence-electron chi connectivity index (χ3n) is 6.44. The maximum Gasteiger partial charge on any atom is 0.335 e. The molecular weight excluding hydrogens is 514 g/mol. The van der Waals surface area contributed by atoms with Crippen molar-refractivity contribution in [1.29, 1.82) is 0 Å². The molecule has 2 heterocycles. The van der Waals surface area contributed by atoms with E-state index in [-0.39, 0.29) is 33.8 Å². The van der Waals surface area contributed by atoms with E-state index in [9.17, 15) is 29.4 Å². The zero-order chi connectivity index (χ0) is 28.7. The first-order valence-electron chi connectivity index (χ1n) is 12.0. The van der Waals surface area contributed by atoms with Crippen LogP contribution in [0.5, 0.6) is 0 Å². The number of benzene rings is 3. The van der Waals surface area contributed by atoms with Crippen molar-refractivity contribution in [2.75, 3.05) is 23.9 Å². The van der Waals surface area contributed by atoms with Crippen LogP contribution in [0.1, 0.15) is 26.3 Å². The van der Waals surface area contributed by atoms with Crippen molar-refractivity contribution in [3.63, 3.8) is 0 Å². The monoisotopic (exact) mass is 537 g/mol. The molecule has 5 rings (SSSR count). The maximum absolute atomic E-state index is 13.9. The molecule has 11 heteroatoms. The molecular formula is C29H23N5O6. The van der Waals surface area contributed by atoms with Gasteiger partial charge in [-0.25, -0.2) is 19.3 Å². The number of nitrogens with zero attached hydrogens (tertiary/aromatic N) is 4. The second-order valence-electron chi connectivity index (χ2n) is 9.17. The van der Waals surface area contributed by atoms with Gasteiger partial charge in [0, 0.05) is 25.4 Å². The van der Waals surface area contributed by atoms with Gasteiger partial charge < -0.3 is 15.1 Å². The molecule has 0 atom stereocenters. The van der Waals surface area contributed by atoms with Gasteiger partial charge in [0.1, 0.15) is 11.5 Å². The lowest BCUT2D eigenvalue weighted by Gasteiger charge is -2.28. The molecule has 0 spiro atoms. The summed E-state index contributed by atoms with van der Waals surface area (Å²) < 4.78 is 1.18. The number of carboxylic acid groups (broad SMARTS) is 2. The van der Waals surface area contributed by atoms with Crippen molar-refractivity contribution < 1.29 is 24.6 Å². The SMILES string of the molecule is C=C1C(=Nc2ccc(N(C)C)cc2)C(=O)N(c2ccc(C(=O)O)cc2)c2[nH]n(-c3ccc(C(=O)O)cc3)c(=O)c21. The number of carbonyl (C=O) groups excluding carboxylic acids is 1. The van der Waals surface area contributed by atoms with Crippen LogP contribution in [0.15, 0.2) is 89.2 Å². The Morgan fingerprint density at radius 3 is 1.85 bits per heavy atom. The van der Waals surface area contributed by atoms with Crippen molar-refractivity contribution >= 4 is 52.0 Å². The van der Waals surface area contributed by atoms with Crippen molar-refractivity contribution in [3.8, 4) is 5.69 Å². The zero-order valence-electron chi connectivity index (χ0n) is 21.5. The first kappa shape index (κ1) is 25.9. The van der Waals surface area contributed by atoms with Crippen LogP contribution in [0, 0.1) is 0 Å². The minimum absolute atomic E-state index is 0.0253. The van der Waals surface area contributed by atoms with E-state index in [0.29, 0.717) is 17.1 Å². The summed E-state index contributed by atoms with van der Waals surface area (Å²) in [6.45, 7) is 4.02. The Labute approximate surface area is 227 Å². The Bertz CT molecular complexity index is 1760. The van der Waals surface area contributed by atoms with Gasteiger partial charge in [-0.2, -0.15) is 0 Å². The Kier molecular flexibility index (Phi) is 6.40. The number of hydrogen-bond acceptors (Lipinski definition) is 6. The van der Waals surface area contributed by atoms with Crippen LogP contribution >= 0.6 is 0 Å². The molecule has 0 radical (unpaired) electrons. The molecule has 1 aromatic heterocycles. The molecule has 1 amide bonds. The summed E-state index contributed by atoms with van der Waals surface area (Å²) in [7, 11) is 3.79. The molecule has 0 unspecified atom stereocenters. The molecule has 0 saturated carbocycles. The van der Waals surface area contributed by atoms with Crippen LogP contribution < -0.4 is 15.4 Å². The number of carboxylic acids is 2. The van der Waals surface area contributed by atoms with Crippen LogP contribution in [-0.2, 0) is 4.79 Å². The highest BCUT2D eigenvalue weighted by atomic mass is 16.4. The van der Waals surface area contributed by atoms with Crippen LogP contribution in [0.2, 0.25) is 0 Å². The first-order chi connectivity index (χ1) is 19.1. The Balaban J connectivity index is 1.68. The first-order valence-corrected chi connectivity index (χ1v) is 12.0. The van der Waals surface area contributed by atoms with Gasteiger partial charge in [-0.05, 0) is 72.8 Å². The van der Waals surface area contributed by atoms with Gasteiger partial charge in [0.25, 0.3) is 11.5 Å². The normalized spacial score (nSPS) is 13.8. The smallest absolute Gasteiger partial charge is 0.335 e. The molecule has 3 aromatic carbocycles. The summed E-state index contributed by atoms with van der Waals surface area (Å²) in [5, 5.41) is 21.5. The van der Waals surface area contributed by atoms with Crippen molar-refractivity contribution in [1.82, 2.24) is 9.78 Å². The van der Waals surface area contributed by atoms with Gasteiger partial charge in [0.05, 0.1) is 33.8 Å². The summed E-state index contributed by atoms with van der Waals surface area (Å²) in [6.07, 6.45) is 0. The van der Waals surface area contributed by atoms with Crippen LogP contribution in [0.3, 0.4) is 0 Å². The van der Waals surface area contributed by atoms with E-state index in [0.717, 1.165) is 5.69 Å². The highest BCUT2D eigenvalue weighted by Crippen LogP contribution is 2.36. The molecule has 1 aliphatic rings. The van der Waals surface area contributed by atoms with Crippen LogP contribution in [0.4, 0.5) is 22.9 Å². The van der Waals surface area contributed by atoms with E-state index in [2.05, 4.69) is 16.7 Å². The third kappa shape index (κ3) is 4.45. The number of carbonyl (C=O) groups is 3. The number of nitrogens with one attached hydrogen (secondary N) is 1. The number of amides is 1. The molecule has 1 aliphatic heterocycles. The number of fused-ring (bicyclic) bond motifs is 1. The Morgan fingerprint density at radius 2 is 1.35 bits per heavy atom. The summed E-state index contributed by atoms with van der Waals surface area (Å²) in [6, 6.07) is 18.4.